The molecule has 2 rings (SSSR count). The van der Waals surface area contributed by atoms with Crippen LogP contribution in [0.4, 0.5) is 0 Å². The molecule has 1 aromatic carbocycles. The molecule has 0 aliphatic carbocycles. The van der Waals surface area contributed by atoms with Gasteiger partial charge in [0.1, 0.15) is 0 Å². The number of hydrogen-bond donors (Lipinski definition) is 0. The Hall–Kier alpha value is -0.250. The van der Waals surface area contributed by atoms with Crippen LogP contribution in [-0.4, -0.2) is 0 Å². The molecule has 2 aromatic rings. The normalized spacial score (nSPS) is 10.4. The summed E-state index contributed by atoms with van der Waals surface area (Å²) < 4.78 is 1.21. The van der Waals surface area contributed by atoms with Gasteiger partial charge in [0.05, 0.1) is 3.79 Å². The standard InChI is InChI=1S/C11H9BrS2/c12-11-6-9(8-14-11)7-13-10-4-2-1-3-5-10/h1-6,8H,7H2. The minimum absolute atomic E-state index is 1.05. The Bertz CT molecular complexity index is 395. The highest BCUT2D eigenvalue weighted by molar-refractivity contribution is 9.11. The third kappa shape index (κ3) is 2.87. The maximum absolute atomic E-state index is 3.47. The van der Waals surface area contributed by atoms with Crippen LogP contribution in [0.2, 0.25) is 0 Å². The number of hydrogen-bond acceptors (Lipinski definition) is 2. The Morgan fingerprint density at radius 3 is 2.64 bits per heavy atom. The topological polar surface area (TPSA) is 0 Å². The predicted molar refractivity (Wildman–Crippen MR) is 68.0 cm³/mol. The van der Waals surface area contributed by atoms with E-state index in [1.807, 2.05) is 17.8 Å². The highest BCUT2D eigenvalue weighted by atomic mass is 79.9. The maximum atomic E-state index is 3.47. The Balaban J connectivity index is 1.95. The zero-order valence-electron chi connectivity index (χ0n) is 7.44. The molecule has 0 unspecified atom stereocenters. The lowest BCUT2D eigenvalue weighted by molar-refractivity contribution is 1.41. The molecular weight excluding hydrogens is 276 g/mol. The first-order valence-electron chi connectivity index (χ1n) is 4.25. The van der Waals surface area contributed by atoms with E-state index in [1.54, 1.807) is 11.3 Å². The monoisotopic (exact) mass is 284 g/mol. The lowest BCUT2D eigenvalue weighted by atomic mass is 10.4. The summed E-state index contributed by atoms with van der Waals surface area (Å²) in [6.45, 7) is 0. The molecule has 0 bridgehead atoms. The van der Waals surface area contributed by atoms with Crippen molar-refractivity contribution in [2.75, 3.05) is 0 Å². The van der Waals surface area contributed by atoms with E-state index in [-0.39, 0.29) is 0 Å². The highest BCUT2D eigenvalue weighted by Gasteiger charge is 1.98. The second-order valence-electron chi connectivity index (χ2n) is 2.86. The van der Waals surface area contributed by atoms with Crippen molar-refractivity contribution in [3.63, 3.8) is 0 Å². The van der Waals surface area contributed by atoms with Gasteiger partial charge in [0, 0.05) is 10.6 Å². The van der Waals surface area contributed by atoms with E-state index in [2.05, 4.69) is 51.6 Å². The lowest BCUT2D eigenvalue weighted by Gasteiger charge is -1.98. The van der Waals surface area contributed by atoms with Gasteiger partial charge < -0.3 is 0 Å². The molecule has 0 spiro atoms. The minimum Gasteiger partial charge on any atom is -0.137 e. The summed E-state index contributed by atoms with van der Waals surface area (Å²) in [7, 11) is 0. The molecule has 0 aliphatic heterocycles. The van der Waals surface area contributed by atoms with Gasteiger partial charge in [0.15, 0.2) is 0 Å². The first-order valence-corrected chi connectivity index (χ1v) is 6.91. The molecule has 0 nitrogen and oxygen atoms in total. The van der Waals surface area contributed by atoms with Crippen molar-refractivity contribution in [1.29, 1.82) is 0 Å². The van der Waals surface area contributed by atoms with Gasteiger partial charge in [-0.3, -0.25) is 0 Å². The van der Waals surface area contributed by atoms with Crippen LogP contribution in [0.5, 0.6) is 0 Å². The van der Waals surface area contributed by atoms with Gasteiger partial charge in [-0.2, -0.15) is 0 Å². The molecule has 1 aromatic heterocycles. The number of thiophene rings is 1. The zero-order valence-corrected chi connectivity index (χ0v) is 10.7. The molecule has 72 valence electrons. The van der Waals surface area contributed by atoms with Crippen molar-refractivity contribution in [3.8, 4) is 0 Å². The van der Waals surface area contributed by atoms with Crippen molar-refractivity contribution < 1.29 is 0 Å². The van der Waals surface area contributed by atoms with Gasteiger partial charge >= 0.3 is 0 Å². The van der Waals surface area contributed by atoms with Gasteiger partial charge in [-0.05, 0) is 45.1 Å². The fourth-order valence-electron chi connectivity index (χ4n) is 1.10. The van der Waals surface area contributed by atoms with Crippen LogP contribution < -0.4 is 0 Å². The molecule has 0 amide bonds. The molecule has 0 N–H and O–H groups in total. The van der Waals surface area contributed by atoms with Crippen molar-refractivity contribution in [2.24, 2.45) is 0 Å². The molecule has 0 saturated carbocycles. The van der Waals surface area contributed by atoms with Gasteiger partial charge in [-0.15, -0.1) is 23.1 Å². The SMILES string of the molecule is Brc1cc(CSc2ccccc2)cs1. The largest absolute Gasteiger partial charge is 0.137 e. The third-order valence-corrected chi connectivity index (χ3v) is 4.41. The van der Waals surface area contributed by atoms with Crippen LogP contribution in [-0.2, 0) is 5.75 Å². The Labute approximate surface area is 100 Å². The Kier molecular flexibility index (Phi) is 3.67. The zero-order chi connectivity index (χ0) is 9.80. The number of rotatable bonds is 3. The van der Waals surface area contributed by atoms with Crippen molar-refractivity contribution in [1.82, 2.24) is 0 Å². The van der Waals surface area contributed by atoms with Gasteiger partial charge in [-0.1, -0.05) is 18.2 Å². The second-order valence-corrected chi connectivity index (χ2v) is 6.20. The van der Waals surface area contributed by atoms with Crippen molar-refractivity contribution in [3.05, 3.63) is 51.1 Å². The average molecular weight is 285 g/mol. The summed E-state index contributed by atoms with van der Waals surface area (Å²) in [5.74, 6) is 1.05. The van der Waals surface area contributed by atoms with E-state index in [9.17, 15) is 0 Å². The van der Waals surface area contributed by atoms with E-state index in [4.69, 9.17) is 0 Å². The summed E-state index contributed by atoms with van der Waals surface area (Å²) >= 11 is 7.08. The van der Waals surface area contributed by atoms with Crippen LogP contribution in [0.15, 0.2) is 50.5 Å². The number of halogens is 1. The minimum atomic E-state index is 1.05. The predicted octanol–water partition coefficient (Wildman–Crippen LogP) is 4.80. The van der Waals surface area contributed by atoms with Crippen LogP contribution in [0, 0.1) is 0 Å². The molecule has 0 aliphatic rings. The van der Waals surface area contributed by atoms with E-state index in [1.165, 1.54) is 14.2 Å². The molecule has 1 heterocycles. The maximum Gasteiger partial charge on any atom is 0.0701 e. The smallest absolute Gasteiger partial charge is 0.0701 e. The fourth-order valence-corrected chi connectivity index (χ4v) is 3.27. The molecule has 0 fully saturated rings. The van der Waals surface area contributed by atoms with E-state index < -0.39 is 0 Å². The van der Waals surface area contributed by atoms with Gasteiger partial charge in [0.2, 0.25) is 0 Å². The van der Waals surface area contributed by atoms with E-state index >= 15 is 0 Å². The van der Waals surface area contributed by atoms with Crippen molar-refractivity contribution >= 4 is 39.0 Å². The fraction of sp³-hybridized carbons (Fsp3) is 0.0909. The summed E-state index contributed by atoms with van der Waals surface area (Å²) in [5, 5.41) is 2.19. The van der Waals surface area contributed by atoms with Gasteiger partial charge in [0.25, 0.3) is 0 Å². The summed E-state index contributed by atoms with van der Waals surface area (Å²) in [5.41, 5.74) is 1.38. The lowest BCUT2D eigenvalue weighted by Crippen LogP contribution is -1.74. The molecule has 14 heavy (non-hydrogen) atoms. The molecule has 0 atom stereocenters. The first-order chi connectivity index (χ1) is 6.84. The van der Waals surface area contributed by atoms with Crippen LogP contribution in [0.3, 0.4) is 0 Å². The van der Waals surface area contributed by atoms with Crippen LogP contribution >= 0.6 is 39.0 Å². The average Bonchev–Trinajstić information content (AvgIpc) is 2.63. The number of benzene rings is 1. The molecule has 0 saturated heterocycles. The third-order valence-electron chi connectivity index (χ3n) is 1.77. The van der Waals surface area contributed by atoms with Crippen LogP contribution in [0.25, 0.3) is 0 Å². The second kappa shape index (κ2) is 5.01. The Morgan fingerprint density at radius 2 is 2.00 bits per heavy atom. The first kappa shape index (κ1) is 10.3. The Morgan fingerprint density at radius 1 is 1.21 bits per heavy atom. The van der Waals surface area contributed by atoms with Gasteiger partial charge in [-0.25, -0.2) is 0 Å². The summed E-state index contributed by atoms with van der Waals surface area (Å²) in [6, 6.07) is 12.7. The molecular formula is C11H9BrS2. The van der Waals surface area contributed by atoms with Crippen molar-refractivity contribution in [2.45, 2.75) is 10.6 Å². The van der Waals surface area contributed by atoms with E-state index in [0.29, 0.717) is 0 Å². The summed E-state index contributed by atoms with van der Waals surface area (Å²) in [6.07, 6.45) is 0. The highest BCUT2D eigenvalue weighted by Crippen LogP contribution is 2.27. The molecule has 0 radical (unpaired) electrons. The number of thioether (sulfide) groups is 1. The van der Waals surface area contributed by atoms with Crippen LogP contribution in [0.1, 0.15) is 5.56 Å². The summed E-state index contributed by atoms with van der Waals surface area (Å²) in [4.78, 5) is 1.33. The molecule has 3 heteroatoms. The quantitative estimate of drug-likeness (QED) is 0.730. The van der Waals surface area contributed by atoms with E-state index in [0.717, 1.165) is 5.75 Å².